The lowest BCUT2D eigenvalue weighted by atomic mass is 10.1. The summed E-state index contributed by atoms with van der Waals surface area (Å²) < 4.78 is 25.4. The lowest BCUT2D eigenvalue weighted by Gasteiger charge is -2.10. The highest BCUT2D eigenvalue weighted by atomic mass is 19.1. The van der Waals surface area contributed by atoms with Crippen LogP contribution >= 0.6 is 0 Å². The number of hydrogen-bond donors (Lipinski definition) is 1. The predicted molar refractivity (Wildman–Crippen MR) is 106 cm³/mol. The summed E-state index contributed by atoms with van der Waals surface area (Å²) in [6.45, 7) is 0.323. The number of aromatic nitrogens is 5. The van der Waals surface area contributed by atoms with Crippen molar-refractivity contribution in [3.63, 3.8) is 0 Å². The molecular formula is C20H17FN6O3. The maximum Gasteiger partial charge on any atom is 0.337 e. The number of methoxy groups -OCH3 is 2. The molecule has 4 rings (SSSR count). The van der Waals surface area contributed by atoms with E-state index in [-0.39, 0.29) is 11.8 Å². The minimum absolute atomic E-state index is 0.0890. The molecule has 0 radical (unpaired) electrons. The normalized spacial score (nSPS) is 10.9. The fraction of sp³-hybridized carbons (Fsp3) is 0.150. The standard InChI is InChI=1S/C20H17FN6O3/c1-29-19(28)12-5-3-11(4-6-12)10-27-17(13-7-14(21)9-23-8-13)24-15-16(22)25-20(30-2)26-18(15)27/h3-9H,10H2,1-2H3,(H2,22,25,26). The van der Waals surface area contributed by atoms with E-state index in [9.17, 15) is 9.18 Å². The lowest BCUT2D eigenvalue weighted by Crippen LogP contribution is -2.06. The SMILES string of the molecule is COC(=O)c1ccc(Cn2c(-c3cncc(F)c3)nc3c(N)nc(OC)nc32)cc1. The van der Waals surface area contributed by atoms with Crippen molar-refractivity contribution in [2.24, 2.45) is 0 Å². The fourth-order valence-electron chi connectivity index (χ4n) is 3.04. The van der Waals surface area contributed by atoms with Crippen molar-refractivity contribution in [3.05, 3.63) is 59.7 Å². The number of anilines is 1. The van der Waals surface area contributed by atoms with Crippen LogP contribution in [-0.4, -0.2) is 44.7 Å². The molecule has 9 nitrogen and oxygen atoms in total. The molecule has 0 saturated heterocycles. The van der Waals surface area contributed by atoms with Crippen LogP contribution in [-0.2, 0) is 11.3 Å². The maximum atomic E-state index is 13.8. The summed E-state index contributed by atoms with van der Waals surface area (Å²) in [4.78, 5) is 28.5. The summed E-state index contributed by atoms with van der Waals surface area (Å²) in [5, 5.41) is 0. The number of halogens is 1. The number of nitrogens with zero attached hydrogens (tertiary/aromatic N) is 5. The summed E-state index contributed by atoms with van der Waals surface area (Å²) in [6, 6.07) is 8.31. The molecule has 0 aliphatic rings. The van der Waals surface area contributed by atoms with Gasteiger partial charge in [-0.1, -0.05) is 12.1 Å². The molecule has 10 heteroatoms. The number of carbonyl (C=O) groups is 1. The van der Waals surface area contributed by atoms with Gasteiger partial charge in [0.1, 0.15) is 11.6 Å². The lowest BCUT2D eigenvalue weighted by molar-refractivity contribution is 0.0600. The molecule has 0 unspecified atom stereocenters. The third-order valence-electron chi connectivity index (χ3n) is 4.46. The van der Waals surface area contributed by atoms with Crippen LogP contribution < -0.4 is 10.5 Å². The van der Waals surface area contributed by atoms with Crippen LogP contribution in [0.2, 0.25) is 0 Å². The number of nitrogens with two attached hydrogens (primary N) is 1. The zero-order chi connectivity index (χ0) is 21.3. The van der Waals surface area contributed by atoms with Gasteiger partial charge >= 0.3 is 12.0 Å². The third kappa shape index (κ3) is 3.50. The van der Waals surface area contributed by atoms with Crippen molar-refractivity contribution in [2.75, 3.05) is 20.0 Å². The summed E-state index contributed by atoms with van der Waals surface area (Å²) in [5.74, 6) is -0.359. The molecule has 3 aromatic heterocycles. The Morgan fingerprint density at radius 3 is 2.57 bits per heavy atom. The molecule has 152 valence electrons. The van der Waals surface area contributed by atoms with Crippen LogP contribution in [0.1, 0.15) is 15.9 Å². The van der Waals surface area contributed by atoms with E-state index in [2.05, 4.69) is 19.9 Å². The Kier molecular flexibility index (Phi) is 4.97. The first-order chi connectivity index (χ1) is 14.5. The van der Waals surface area contributed by atoms with E-state index >= 15 is 0 Å². The average Bonchev–Trinajstić information content (AvgIpc) is 3.12. The Bertz CT molecular complexity index is 1240. The first-order valence-corrected chi connectivity index (χ1v) is 8.86. The van der Waals surface area contributed by atoms with Gasteiger partial charge < -0.3 is 19.8 Å². The van der Waals surface area contributed by atoms with Gasteiger partial charge in [0.05, 0.1) is 32.5 Å². The van der Waals surface area contributed by atoms with E-state index in [0.29, 0.717) is 34.7 Å². The Hall–Kier alpha value is -4.08. The molecule has 1 aromatic carbocycles. The number of nitrogen functional groups attached to an aromatic ring is 1. The Morgan fingerprint density at radius 2 is 1.90 bits per heavy atom. The Balaban J connectivity index is 1.86. The number of carbonyl (C=O) groups excluding carboxylic acids is 1. The Morgan fingerprint density at radius 1 is 1.13 bits per heavy atom. The van der Waals surface area contributed by atoms with Gasteiger partial charge in [0, 0.05) is 11.8 Å². The van der Waals surface area contributed by atoms with Gasteiger partial charge in [0.2, 0.25) is 0 Å². The number of fused-ring (bicyclic) bond motifs is 1. The largest absolute Gasteiger partial charge is 0.467 e. The van der Waals surface area contributed by atoms with Gasteiger partial charge in [0.25, 0.3) is 0 Å². The van der Waals surface area contributed by atoms with E-state index in [4.69, 9.17) is 15.2 Å². The van der Waals surface area contributed by atoms with Crippen LogP contribution in [0.3, 0.4) is 0 Å². The number of rotatable bonds is 5. The van der Waals surface area contributed by atoms with E-state index in [1.807, 2.05) is 0 Å². The fourth-order valence-corrected chi connectivity index (χ4v) is 3.04. The van der Waals surface area contributed by atoms with Gasteiger partial charge in [0.15, 0.2) is 17.0 Å². The number of ether oxygens (including phenoxy) is 2. The number of pyridine rings is 1. The van der Waals surface area contributed by atoms with Crippen LogP contribution in [0, 0.1) is 5.82 Å². The summed E-state index contributed by atoms with van der Waals surface area (Å²) in [5.41, 5.74) is 8.56. The third-order valence-corrected chi connectivity index (χ3v) is 4.46. The minimum Gasteiger partial charge on any atom is -0.467 e. The number of hydrogen-bond acceptors (Lipinski definition) is 8. The van der Waals surface area contributed by atoms with E-state index in [1.54, 1.807) is 28.8 Å². The molecule has 0 aliphatic heterocycles. The number of benzene rings is 1. The van der Waals surface area contributed by atoms with Crippen LogP contribution in [0.25, 0.3) is 22.6 Å². The molecule has 0 spiro atoms. The topological polar surface area (TPSA) is 118 Å². The second kappa shape index (κ2) is 7.74. The van der Waals surface area contributed by atoms with Crippen molar-refractivity contribution < 1.29 is 18.7 Å². The van der Waals surface area contributed by atoms with Crippen molar-refractivity contribution in [1.82, 2.24) is 24.5 Å². The zero-order valence-electron chi connectivity index (χ0n) is 16.2. The van der Waals surface area contributed by atoms with Gasteiger partial charge in [-0.2, -0.15) is 9.97 Å². The quantitative estimate of drug-likeness (QED) is 0.500. The zero-order valence-corrected chi connectivity index (χ0v) is 16.2. The predicted octanol–water partition coefficient (Wildman–Crippen LogP) is 2.45. The van der Waals surface area contributed by atoms with Crippen LogP contribution in [0.15, 0.2) is 42.7 Å². The maximum absolute atomic E-state index is 13.8. The van der Waals surface area contributed by atoms with Gasteiger partial charge in [-0.25, -0.2) is 14.2 Å². The van der Waals surface area contributed by atoms with Gasteiger partial charge in [-0.3, -0.25) is 4.98 Å². The van der Waals surface area contributed by atoms with Crippen molar-refractivity contribution >= 4 is 23.0 Å². The highest BCUT2D eigenvalue weighted by Gasteiger charge is 2.19. The molecule has 30 heavy (non-hydrogen) atoms. The number of esters is 1. The van der Waals surface area contributed by atoms with Crippen LogP contribution in [0.5, 0.6) is 6.01 Å². The highest BCUT2D eigenvalue weighted by molar-refractivity contribution is 5.89. The molecule has 0 aliphatic carbocycles. The second-order valence-corrected chi connectivity index (χ2v) is 6.37. The van der Waals surface area contributed by atoms with Crippen LogP contribution in [0.4, 0.5) is 10.2 Å². The molecule has 4 aromatic rings. The molecular weight excluding hydrogens is 391 g/mol. The first kappa shape index (κ1) is 19.2. The molecule has 0 amide bonds. The molecule has 0 bridgehead atoms. The highest BCUT2D eigenvalue weighted by Crippen LogP contribution is 2.28. The molecule has 3 heterocycles. The monoisotopic (exact) mass is 408 g/mol. The van der Waals surface area contributed by atoms with E-state index in [0.717, 1.165) is 11.8 Å². The summed E-state index contributed by atoms with van der Waals surface area (Å²) in [6.07, 6.45) is 2.61. The average molecular weight is 408 g/mol. The Labute approximate surface area is 170 Å². The first-order valence-electron chi connectivity index (χ1n) is 8.86. The van der Waals surface area contributed by atoms with Gasteiger partial charge in [-0.05, 0) is 23.8 Å². The second-order valence-electron chi connectivity index (χ2n) is 6.37. The molecule has 0 fully saturated rings. The summed E-state index contributed by atoms with van der Waals surface area (Å²) in [7, 11) is 2.76. The summed E-state index contributed by atoms with van der Waals surface area (Å²) >= 11 is 0. The minimum atomic E-state index is -0.495. The smallest absolute Gasteiger partial charge is 0.337 e. The van der Waals surface area contributed by atoms with Crippen molar-refractivity contribution in [3.8, 4) is 17.4 Å². The van der Waals surface area contributed by atoms with Crippen molar-refractivity contribution in [1.29, 1.82) is 0 Å². The molecule has 0 atom stereocenters. The van der Waals surface area contributed by atoms with E-state index in [1.165, 1.54) is 26.5 Å². The molecule has 2 N–H and O–H groups in total. The van der Waals surface area contributed by atoms with E-state index < -0.39 is 11.8 Å². The van der Waals surface area contributed by atoms with Crippen molar-refractivity contribution in [2.45, 2.75) is 6.54 Å². The molecule has 0 saturated carbocycles. The number of imidazole rings is 1. The van der Waals surface area contributed by atoms with Gasteiger partial charge in [-0.15, -0.1) is 0 Å².